The van der Waals surface area contributed by atoms with E-state index in [0.717, 1.165) is 0 Å². The molecule has 142 valence electrons. The van der Waals surface area contributed by atoms with Gasteiger partial charge in [-0.2, -0.15) is 0 Å². The normalized spacial score (nSPS) is 13.9. The molecule has 3 atom stereocenters. The molecular weight excluding hydrogens is 340 g/mol. The molecule has 0 aromatic heterocycles. The van der Waals surface area contributed by atoms with E-state index in [1.54, 1.807) is 0 Å². The number of carboxylic acid groups (broad SMARTS) is 2. The van der Waals surface area contributed by atoms with E-state index in [-0.39, 0.29) is 6.42 Å². The maximum absolute atomic E-state index is 11.8. The van der Waals surface area contributed by atoms with Crippen LogP contribution in [0, 0.1) is 0 Å². The quantitative estimate of drug-likeness (QED) is 0.193. The Morgan fingerprint density at radius 2 is 1.52 bits per heavy atom. The lowest BCUT2D eigenvalue weighted by Gasteiger charge is -2.18. The highest BCUT2D eigenvalue weighted by Crippen LogP contribution is 1.98. The van der Waals surface area contributed by atoms with Crippen LogP contribution in [0.1, 0.15) is 19.8 Å². The SMILES string of the molecule is CC(O)C(N)C(=O)NCC(=O)NC(CCC(=O)O)C(=O)NCC(=O)O. The van der Waals surface area contributed by atoms with Crippen LogP contribution >= 0.6 is 0 Å². The van der Waals surface area contributed by atoms with Gasteiger partial charge in [0.1, 0.15) is 18.6 Å². The van der Waals surface area contributed by atoms with Gasteiger partial charge in [0.2, 0.25) is 17.7 Å². The molecule has 25 heavy (non-hydrogen) atoms. The molecular formula is C13H22N4O8. The Labute approximate surface area is 142 Å². The highest BCUT2D eigenvalue weighted by Gasteiger charge is 2.23. The second kappa shape index (κ2) is 10.9. The first-order chi connectivity index (χ1) is 11.5. The van der Waals surface area contributed by atoms with Gasteiger partial charge >= 0.3 is 11.9 Å². The van der Waals surface area contributed by atoms with Gasteiger partial charge in [-0.3, -0.25) is 24.0 Å². The van der Waals surface area contributed by atoms with Crippen molar-refractivity contribution in [3.05, 3.63) is 0 Å². The maximum atomic E-state index is 11.8. The zero-order chi connectivity index (χ0) is 19.6. The average Bonchev–Trinajstić information content (AvgIpc) is 2.52. The number of aliphatic hydroxyl groups is 1. The van der Waals surface area contributed by atoms with Crippen molar-refractivity contribution in [3.8, 4) is 0 Å². The van der Waals surface area contributed by atoms with Gasteiger partial charge in [-0.15, -0.1) is 0 Å². The van der Waals surface area contributed by atoms with Gasteiger partial charge in [-0.1, -0.05) is 0 Å². The number of rotatable bonds is 11. The zero-order valence-electron chi connectivity index (χ0n) is 13.5. The van der Waals surface area contributed by atoms with Crippen LogP contribution in [0.5, 0.6) is 0 Å². The van der Waals surface area contributed by atoms with Crippen LogP contribution in [-0.2, 0) is 24.0 Å². The molecule has 0 aromatic carbocycles. The van der Waals surface area contributed by atoms with Gasteiger partial charge in [0.05, 0.1) is 12.6 Å². The Morgan fingerprint density at radius 1 is 0.960 bits per heavy atom. The number of carboxylic acids is 2. The fraction of sp³-hybridized carbons (Fsp3) is 0.615. The van der Waals surface area contributed by atoms with Crippen LogP contribution in [0.3, 0.4) is 0 Å². The van der Waals surface area contributed by atoms with Gasteiger partial charge < -0.3 is 37.0 Å². The number of carbonyl (C=O) groups excluding carboxylic acids is 3. The summed E-state index contributed by atoms with van der Waals surface area (Å²) < 4.78 is 0. The van der Waals surface area contributed by atoms with Crippen LogP contribution in [0.25, 0.3) is 0 Å². The number of aliphatic carboxylic acids is 2. The Morgan fingerprint density at radius 3 is 2.00 bits per heavy atom. The molecule has 0 aliphatic carbocycles. The fourth-order valence-electron chi connectivity index (χ4n) is 1.57. The first-order valence-corrected chi connectivity index (χ1v) is 7.26. The number of nitrogens with two attached hydrogens (primary N) is 1. The lowest BCUT2D eigenvalue weighted by Crippen LogP contribution is -2.53. The summed E-state index contributed by atoms with van der Waals surface area (Å²) in [6.07, 6.45) is -1.84. The molecule has 3 unspecified atom stereocenters. The molecule has 12 nitrogen and oxygen atoms in total. The third-order valence-electron chi connectivity index (χ3n) is 2.96. The van der Waals surface area contributed by atoms with Crippen LogP contribution < -0.4 is 21.7 Å². The van der Waals surface area contributed by atoms with Crippen molar-refractivity contribution >= 4 is 29.7 Å². The second-order valence-electron chi connectivity index (χ2n) is 5.15. The fourth-order valence-corrected chi connectivity index (χ4v) is 1.57. The molecule has 3 amide bonds. The number of carbonyl (C=O) groups is 5. The molecule has 0 heterocycles. The van der Waals surface area contributed by atoms with E-state index in [4.69, 9.17) is 21.1 Å². The van der Waals surface area contributed by atoms with Crippen molar-refractivity contribution in [2.45, 2.75) is 38.0 Å². The molecule has 0 bridgehead atoms. The number of hydrogen-bond donors (Lipinski definition) is 7. The minimum Gasteiger partial charge on any atom is -0.481 e. The van der Waals surface area contributed by atoms with E-state index in [0.29, 0.717) is 0 Å². The third kappa shape index (κ3) is 9.88. The number of nitrogens with one attached hydrogen (secondary N) is 3. The molecule has 12 heteroatoms. The van der Waals surface area contributed by atoms with Crippen LogP contribution in [0.15, 0.2) is 0 Å². The van der Waals surface area contributed by atoms with Crippen molar-refractivity contribution < 1.29 is 39.3 Å². The molecule has 0 radical (unpaired) electrons. The van der Waals surface area contributed by atoms with Crippen molar-refractivity contribution in [2.75, 3.05) is 13.1 Å². The largest absolute Gasteiger partial charge is 0.481 e. The summed E-state index contributed by atoms with van der Waals surface area (Å²) in [5.74, 6) is -4.99. The number of hydrogen-bond acceptors (Lipinski definition) is 7. The molecule has 0 saturated carbocycles. The second-order valence-corrected chi connectivity index (χ2v) is 5.15. The summed E-state index contributed by atoms with van der Waals surface area (Å²) in [6.45, 7) is 0.0341. The highest BCUT2D eigenvalue weighted by atomic mass is 16.4. The monoisotopic (exact) mass is 362 g/mol. The van der Waals surface area contributed by atoms with Crippen LogP contribution in [0.2, 0.25) is 0 Å². The van der Waals surface area contributed by atoms with Crippen LogP contribution in [-0.4, -0.2) is 76.3 Å². The summed E-state index contributed by atoms with van der Waals surface area (Å²) in [6, 6.07) is -2.53. The summed E-state index contributed by atoms with van der Waals surface area (Å²) in [7, 11) is 0. The average molecular weight is 362 g/mol. The smallest absolute Gasteiger partial charge is 0.322 e. The Hall–Kier alpha value is -2.73. The summed E-state index contributed by atoms with van der Waals surface area (Å²) in [5, 5.41) is 32.7. The highest BCUT2D eigenvalue weighted by molar-refractivity contribution is 5.92. The Balaban J connectivity index is 4.63. The van der Waals surface area contributed by atoms with Gasteiger partial charge in [0.15, 0.2) is 0 Å². The molecule has 0 fully saturated rings. The van der Waals surface area contributed by atoms with E-state index in [1.165, 1.54) is 6.92 Å². The predicted molar refractivity (Wildman–Crippen MR) is 82.1 cm³/mol. The van der Waals surface area contributed by atoms with Crippen LogP contribution in [0.4, 0.5) is 0 Å². The first-order valence-electron chi connectivity index (χ1n) is 7.26. The predicted octanol–water partition coefficient (Wildman–Crippen LogP) is -3.64. The van der Waals surface area contributed by atoms with Gasteiger partial charge in [-0.25, -0.2) is 0 Å². The van der Waals surface area contributed by atoms with E-state index in [9.17, 15) is 24.0 Å². The zero-order valence-corrected chi connectivity index (χ0v) is 13.5. The maximum Gasteiger partial charge on any atom is 0.322 e. The lowest BCUT2D eigenvalue weighted by molar-refractivity contribution is -0.140. The summed E-state index contributed by atoms with van der Waals surface area (Å²) in [5.41, 5.74) is 5.37. The summed E-state index contributed by atoms with van der Waals surface area (Å²) in [4.78, 5) is 56.1. The van der Waals surface area contributed by atoms with Gasteiger partial charge in [-0.05, 0) is 13.3 Å². The molecule has 8 N–H and O–H groups in total. The topological polar surface area (TPSA) is 208 Å². The van der Waals surface area contributed by atoms with E-state index in [2.05, 4.69) is 10.6 Å². The minimum atomic E-state index is -1.31. The Kier molecular flexibility index (Phi) is 9.74. The molecule has 0 spiro atoms. The van der Waals surface area contributed by atoms with Crippen molar-refractivity contribution in [2.24, 2.45) is 5.73 Å². The lowest BCUT2D eigenvalue weighted by atomic mass is 10.1. The molecule has 0 aliphatic rings. The molecule has 0 aliphatic heterocycles. The van der Waals surface area contributed by atoms with Crippen molar-refractivity contribution in [1.29, 1.82) is 0 Å². The van der Waals surface area contributed by atoms with E-state index in [1.807, 2.05) is 5.32 Å². The van der Waals surface area contributed by atoms with Crippen molar-refractivity contribution in [1.82, 2.24) is 16.0 Å². The minimum absolute atomic E-state index is 0.270. The number of aliphatic hydroxyl groups excluding tert-OH is 1. The molecule has 0 saturated heterocycles. The Bertz CT molecular complexity index is 522. The van der Waals surface area contributed by atoms with E-state index < -0.39 is 67.4 Å². The van der Waals surface area contributed by atoms with Crippen molar-refractivity contribution in [3.63, 3.8) is 0 Å². The molecule has 0 aromatic rings. The molecule has 0 rings (SSSR count). The van der Waals surface area contributed by atoms with Gasteiger partial charge in [0.25, 0.3) is 0 Å². The number of amides is 3. The first kappa shape index (κ1) is 22.3. The van der Waals surface area contributed by atoms with Gasteiger partial charge in [0, 0.05) is 6.42 Å². The summed E-state index contributed by atoms with van der Waals surface area (Å²) >= 11 is 0. The standard InChI is InChI=1S/C13H22N4O8/c1-6(18)11(14)13(25)15-4-8(19)17-7(2-3-9(20)21)12(24)16-5-10(22)23/h6-7,11,18H,2-5,14H2,1H3,(H,15,25)(H,16,24)(H,17,19)(H,20,21)(H,22,23). The van der Waals surface area contributed by atoms with E-state index >= 15 is 0 Å². The third-order valence-corrected chi connectivity index (χ3v) is 2.96.